The zero-order valence-electron chi connectivity index (χ0n) is 8.74. The Morgan fingerprint density at radius 2 is 2.19 bits per heavy atom. The predicted octanol–water partition coefficient (Wildman–Crippen LogP) is 1.48. The van der Waals surface area contributed by atoms with Crippen LogP contribution in [0.5, 0.6) is 0 Å². The van der Waals surface area contributed by atoms with E-state index in [1.165, 1.54) is 25.1 Å². The summed E-state index contributed by atoms with van der Waals surface area (Å²) in [5.41, 5.74) is 0.442. The number of carbonyl (C=O) groups is 2. The van der Waals surface area contributed by atoms with Crippen molar-refractivity contribution in [3.8, 4) is 0 Å². The van der Waals surface area contributed by atoms with Crippen LogP contribution in [0, 0.1) is 5.82 Å². The van der Waals surface area contributed by atoms with Gasteiger partial charge in [-0.15, -0.1) is 0 Å². The Morgan fingerprint density at radius 1 is 1.50 bits per heavy atom. The molecule has 0 aromatic heterocycles. The molecule has 0 fully saturated rings. The summed E-state index contributed by atoms with van der Waals surface area (Å²) in [6.45, 7) is 1.29. The second kappa shape index (κ2) is 5.25. The summed E-state index contributed by atoms with van der Waals surface area (Å²) in [6.07, 6.45) is -0.275. The van der Waals surface area contributed by atoms with Crippen molar-refractivity contribution < 1.29 is 19.1 Å². The fraction of sp³-hybridized carbons (Fsp3) is 0.273. The van der Waals surface area contributed by atoms with Gasteiger partial charge in [0.15, 0.2) is 0 Å². The van der Waals surface area contributed by atoms with Crippen molar-refractivity contribution in [1.82, 2.24) is 5.32 Å². The number of benzene rings is 1. The van der Waals surface area contributed by atoms with Crippen molar-refractivity contribution in [1.29, 1.82) is 0 Å². The summed E-state index contributed by atoms with van der Waals surface area (Å²) in [6, 6.07) is 4.82. The minimum absolute atomic E-state index is 0.275. The standard InChI is InChI=1S/C11H12FNO3/c1-7(14)13-10(6-11(15)16)8-3-2-4-9(12)5-8/h2-5,10H,6H2,1H3,(H,13,14)(H,15,16)/t10-/m1/s1. The van der Waals surface area contributed by atoms with Gasteiger partial charge in [0.2, 0.25) is 5.91 Å². The Balaban J connectivity index is 2.90. The van der Waals surface area contributed by atoms with Crippen LogP contribution in [-0.4, -0.2) is 17.0 Å². The fourth-order valence-electron chi connectivity index (χ4n) is 1.40. The van der Waals surface area contributed by atoms with Gasteiger partial charge in [-0.25, -0.2) is 4.39 Å². The van der Waals surface area contributed by atoms with E-state index in [4.69, 9.17) is 5.11 Å². The molecule has 4 nitrogen and oxygen atoms in total. The Bertz CT molecular complexity index is 390. The number of aliphatic carboxylic acids is 1. The molecular weight excluding hydrogens is 213 g/mol. The first kappa shape index (κ1) is 12.2. The third-order valence-corrected chi connectivity index (χ3v) is 2.01. The minimum Gasteiger partial charge on any atom is -0.481 e. The zero-order valence-corrected chi connectivity index (χ0v) is 8.74. The number of hydrogen-bond acceptors (Lipinski definition) is 2. The molecular formula is C11H12FNO3. The van der Waals surface area contributed by atoms with Gasteiger partial charge in [-0.2, -0.15) is 0 Å². The molecule has 1 rings (SSSR count). The number of carboxylic acids is 1. The number of carbonyl (C=O) groups excluding carboxylic acids is 1. The van der Waals surface area contributed by atoms with Crippen molar-refractivity contribution in [2.45, 2.75) is 19.4 Å². The maximum Gasteiger partial charge on any atom is 0.305 e. The summed E-state index contributed by atoms with van der Waals surface area (Å²) < 4.78 is 12.9. The van der Waals surface area contributed by atoms with E-state index in [1.807, 2.05) is 0 Å². The quantitative estimate of drug-likeness (QED) is 0.815. The Kier molecular flexibility index (Phi) is 3.99. The highest BCUT2D eigenvalue weighted by Crippen LogP contribution is 2.17. The summed E-state index contributed by atoms with van der Waals surface area (Å²) in [4.78, 5) is 21.5. The molecule has 0 saturated carbocycles. The van der Waals surface area contributed by atoms with Crippen LogP contribution < -0.4 is 5.32 Å². The van der Waals surface area contributed by atoms with Gasteiger partial charge in [-0.3, -0.25) is 9.59 Å². The third-order valence-electron chi connectivity index (χ3n) is 2.01. The summed E-state index contributed by atoms with van der Waals surface area (Å²) >= 11 is 0. The molecule has 0 aliphatic rings. The molecule has 1 aromatic rings. The van der Waals surface area contributed by atoms with Gasteiger partial charge in [0.1, 0.15) is 5.82 Å². The van der Waals surface area contributed by atoms with Crippen molar-refractivity contribution in [2.75, 3.05) is 0 Å². The molecule has 1 atom stereocenters. The van der Waals surface area contributed by atoms with Crippen LogP contribution in [0.4, 0.5) is 4.39 Å². The van der Waals surface area contributed by atoms with E-state index in [-0.39, 0.29) is 12.3 Å². The van der Waals surface area contributed by atoms with Crippen molar-refractivity contribution in [3.05, 3.63) is 35.6 Å². The molecule has 0 saturated heterocycles. The first-order chi connectivity index (χ1) is 7.49. The van der Waals surface area contributed by atoms with E-state index < -0.39 is 17.8 Å². The molecule has 86 valence electrons. The van der Waals surface area contributed by atoms with Crippen molar-refractivity contribution >= 4 is 11.9 Å². The van der Waals surface area contributed by atoms with Gasteiger partial charge in [-0.05, 0) is 17.7 Å². The Labute approximate surface area is 92.1 Å². The van der Waals surface area contributed by atoms with Gasteiger partial charge in [0.05, 0.1) is 12.5 Å². The molecule has 0 unspecified atom stereocenters. The molecule has 0 bridgehead atoms. The van der Waals surface area contributed by atoms with Crippen molar-refractivity contribution in [3.63, 3.8) is 0 Å². The van der Waals surface area contributed by atoms with E-state index in [0.29, 0.717) is 5.56 Å². The van der Waals surface area contributed by atoms with E-state index >= 15 is 0 Å². The third kappa shape index (κ3) is 3.68. The van der Waals surface area contributed by atoms with Crippen molar-refractivity contribution in [2.24, 2.45) is 0 Å². The molecule has 0 aliphatic heterocycles. The average Bonchev–Trinajstić information content (AvgIpc) is 2.15. The number of nitrogens with one attached hydrogen (secondary N) is 1. The van der Waals surface area contributed by atoms with Gasteiger partial charge < -0.3 is 10.4 Å². The maximum absolute atomic E-state index is 12.9. The van der Waals surface area contributed by atoms with Crippen LogP contribution in [-0.2, 0) is 9.59 Å². The van der Waals surface area contributed by atoms with Crippen LogP contribution >= 0.6 is 0 Å². The lowest BCUT2D eigenvalue weighted by Gasteiger charge is -2.16. The largest absolute Gasteiger partial charge is 0.481 e. The molecule has 0 heterocycles. The normalized spacial score (nSPS) is 11.9. The summed E-state index contributed by atoms with van der Waals surface area (Å²) in [5, 5.41) is 11.2. The van der Waals surface area contributed by atoms with Gasteiger partial charge in [0.25, 0.3) is 0 Å². The zero-order chi connectivity index (χ0) is 12.1. The highest BCUT2D eigenvalue weighted by atomic mass is 19.1. The molecule has 0 aliphatic carbocycles. The van der Waals surface area contributed by atoms with E-state index in [0.717, 1.165) is 0 Å². The topological polar surface area (TPSA) is 66.4 Å². The highest BCUT2D eigenvalue weighted by Gasteiger charge is 2.16. The molecule has 5 heteroatoms. The fourth-order valence-corrected chi connectivity index (χ4v) is 1.40. The first-order valence-corrected chi connectivity index (χ1v) is 4.73. The SMILES string of the molecule is CC(=O)N[C@H](CC(=O)O)c1cccc(F)c1. The Hall–Kier alpha value is -1.91. The van der Waals surface area contributed by atoms with Crippen LogP contribution in [0.3, 0.4) is 0 Å². The van der Waals surface area contributed by atoms with E-state index in [9.17, 15) is 14.0 Å². The number of hydrogen-bond donors (Lipinski definition) is 2. The van der Waals surface area contributed by atoms with Crippen LogP contribution in [0.25, 0.3) is 0 Å². The molecule has 1 amide bonds. The van der Waals surface area contributed by atoms with Gasteiger partial charge in [-0.1, -0.05) is 12.1 Å². The lowest BCUT2D eigenvalue weighted by molar-refractivity contribution is -0.137. The molecule has 0 spiro atoms. The lowest BCUT2D eigenvalue weighted by atomic mass is 10.0. The van der Waals surface area contributed by atoms with Crippen LogP contribution in [0.2, 0.25) is 0 Å². The summed E-state index contributed by atoms with van der Waals surface area (Å²) in [5.74, 6) is -1.86. The number of halogens is 1. The predicted molar refractivity (Wildman–Crippen MR) is 55.2 cm³/mol. The molecule has 16 heavy (non-hydrogen) atoms. The smallest absolute Gasteiger partial charge is 0.305 e. The highest BCUT2D eigenvalue weighted by molar-refractivity contribution is 5.75. The lowest BCUT2D eigenvalue weighted by Crippen LogP contribution is -2.28. The second-order valence-electron chi connectivity index (χ2n) is 3.41. The maximum atomic E-state index is 12.9. The van der Waals surface area contributed by atoms with Gasteiger partial charge >= 0.3 is 5.97 Å². The molecule has 2 N–H and O–H groups in total. The molecule has 0 radical (unpaired) electrons. The van der Waals surface area contributed by atoms with Crippen LogP contribution in [0.15, 0.2) is 24.3 Å². The Morgan fingerprint density at radius 3 is 2.69 bits per heavy atom. The van der Waals surface area contributed by atoms with E-state index in [1.54, 1.807) is 6.07 Å². The molecule has 1 aromatic carbocycles. The number of carboxylic acid groups (broad SMARTS) is 1. The summed E-state index contributed by atoms with van der Waals surface area (Å²) in [7, 11) is 0. The monoisotopic (exact) mass is 225 g/mol. The second-order valence-corrected chi connectivity index (χ2v) is 3.41. The number of rotatable bonds is 4. The van der Waals surface area contributed by atoms with Crippen LogP contribution in [0.1, 0.15) is 24.9 Å². The number of amides is 1. The first-order valence-electron chi connectivity index (χ1n) is 4.73. The minimum atomic E-state index is -1.05. The average molecular weight is 225 g/mol. The van der Waals surface area contributed by atoms with Gasteiger partial charge in [0, 0.05) is 6.92 Å². The van der Waals surface area contributed by atoms with E-state index in [2.05, 4.69) is 5.32 Å².